The Hall–Kier alpha value is -2.54. The molecule has 1 aliphatic rings. The number of aromatic nitrogens is 2. The summed E-state index contributed by atoms with van der Waals surface area (Å²) >= 11 is 6.09. The predicted octanol–water partition coefficient (Wildman–Crippen LogP) is 2.68. The number of halogens is 1. The first-order valence-corrected chi connectivity index (χ1v) is 8.85. The first kappa shape index (κ1) is 18.3. The van der Waals surface area contributed by atoms with Crippen LogP contribution < -0.4 is 5.32 Å². The summed E-state index contributed by atoms with van der Waals surface area (Å²) in [4.78, 5) is 28.5. The van der Waals surface area contributed by atoms with Crippen molar-refractivity contribution in [1.82, 2.24) is 19.6 Å². The standard InChI is InChI=1S/C18H22ClN5O2/c1-12-4-5-14(11-15(12)19)20-18(26)24-8-6-23(7-9-24)17(25)16-10-13(2)21-22(16)3/h4-5,10-11H,6-9H2,1-3H3,(H,20,26). The smallest absolute Gasteiger partial charge is 0.321 e. The first-order chi connectivity index (χ1) is 12.3. The highest BCUT2D eigenvalue weighted by molar-refractivity contribution is 6.31. The largest absolute Gasteiger partial charge is 0.334 e. The van der Waals surface area contributed by atoms with Crippen LogP contribution in [0.25, 0.3) is 0 Å². The van der Waals surface area contributed by atoms with Crippen molar-refractivity contribution in [2.75, 3.05) is 31.5 Å². The number of piperazine rings is 1. The minimum Gasteiger partial charge on any atom is -0.334 e. The van der Waals surface area contributed by atoms with E-state index in [1.165, 1.54) is 0 Å². The number of urea groups is 1. The van der Waals surface area contributed by atoms with Crippen LogP contribution in [0.4, 0.5) is 10.5 Å². The number of nitrogens with zero attached hydrogens (tertiary/aromatic N) is 4. The third-order valence-corrected chi connectivity index (χ3v) is 4.91. The molecule has 3 amide bonds. The van der Waals surface area contributed by atoms with E-state index >= 15 is 0 Å². The van der Waals surface area contributed by atoms with Crippen LogP contribution in [0.2, 0.25) is 5.02 Å². The van der Waals surface area contributed by atoms with Gasteiger partial charge in [0.05, 0.1) is 5.69 Å². The zero-order valence-corrected chi connectivity index (χ0v) is 15.9. The third-order valence-electron chi connectivity index (χ3n) is 4.50. The zero-order valence-electron chi connectivity index (χ0n) is 15.1. The Balaban J connectivity index is 1.57. The van der Waals surface area contributed by atoms with Crippen molar-refractivity contribution in [3.8, 4) is 0 Å². The number of hydrogen-bond donors (Lipinski definition) is 1. The highest BCUT2D eigenvalue weighted by Gasteiger charge is 2.26. The Bertz CT molecular complexity index is 840. The molecule has 1 aliphatic heterocycles. The molecule has 0 unspecified atom stereocenters. The molecule has 7 nitrogen and oxygen atoms in total. The number of hydrogen-bond acceptors (Lipinski definition) is 3. The van der Waals surface area contributed by atoms with E-state index in [9.17, 15) is 9.59 Å². The molecule has 0 radical (unpaired) electrons. The molecular weight excluding hydrogens is 354 g/mol. The number of aryl methyl sites for hydroxylation is 3. The Morgan fingerprint density at radius 2 is 1.73 bits per heavy atom. The van der Waals surface area contributed by atoms with Gasteiger partial charge in [-0.1, -0.05) is 17.7 Å². The lowest BCUT2D eigenvalue weighted by molar-refractivity contribution is 0.0661. The van der Waals surface area contributed by atoms with E-state index in [1.54, 1.807) is 33.7 Å². The highest BCUT2D eigenvalue weighted by atomic mass is 35.5. The van der Waals surface area contributed by atoms with Crippen LogP contribution in [0.3, 0.4) is 0 Å². The zero-order chi connectivity index (χ0) is 18.8. The molecule has 2 heterocycles. The first-order valence-electron chi connectivity index (χ1n) is 8.47. The molecule has 1 aromatic heterocycles. The van der Waals surface area contributed by atoms with Crippen LogP contribution in [-0.4, -0.2) is 57.7 Å². The second kappa shape index (κ2) is 7.37. The van der Waals surface area contributed by atoms with Crippen molar-refractivity contribution >= 4 is 29.2 Å². The summed E-state index contributed by atoms with van der Waals surface area (Å²) in [5.41, 5.74) is 3.00. The van der Waals surface area contributed by atoms with Crippen molar-refractivity contribution in [2.45, 2.75) is 13.8 Å². The topological polar surface area (TPSA) is 70.5 Å². The lowest BCUT2D eigenvalue weighted by Gasteiger charge is -2.34. The van der Waals surface area contributed by atoms with E-state index < -0.39 is 0 Å². The normalized spacial score (nSPS) is 14.5. The molecule has 1 N–H and O–H groups in total. The number of carbonyl (C=O) groups excluding carboxylic acids is 2. The maximum atomic E-state index is 12.6. The molecule has 138 valence electrons. The molecule has 0 atom stereocenters. The molecule has 1 fully saturated rings. The van der Waals surface area contributed by atoms with Crippen LogP contribution in [0.5, 0.6) is 0 Å². The van der Waals surface area contributed by atoms with Crippen LogP contribution in [-0.2, 0) is 7.05 Å². The number of anilines is 1. The van der Waals surface area contributed by atoms with E-state index in [0.717, 1.165) is 11.3 Å². The molecule has 2 aromatic rings. The van der Waals surface area contributed by atoms with Gasteiger partial charge in [0.2, 0.25) is 0 Å². The van der Waals surface area contributed by atoms with Gasteiger partial charge in [-0.25, -0.2) is 4.79 Å². The van der Waals surface area contributed by atoms with Gasteiger partial charge in [0.25, 0.3) is 5.91 Å². The summed E-state index contributed by atoms with van der Waals surface area (Å²) < 4.78 is 1.60. The summed E-state index contributed by atoms with van der Waals surface area (Å²) in [6.45, 7) is 5.71. The minimum atomic E-state index is -0.187. The van der Waals surface area contributed by atoms with Crippen molar-refractivity contribution in [3.05, 3.63) is 46.2 Å². The molecule has 1 saturated heterocycles. The summed E-state index contributed by atoms with van der Waals surface area (Å²) in [5, 5.41) is 7.68. The number of carbonyl (C=O) groups is 2. The van der Waals surface area contributed by atoms with E-state index in [1.807, 2.05) is 26.0 Å². The quantitative estimate of drug-likeness (QED) is 0.877. The van der Waals surface area contributed by atoms with Gasteiger partial charge in [-0.05, 0) is 37.6 Å². The van der Waals surface area contributed by atoms with Gasteiger partial charge in [0, 0.05) is 43.9 Å². The SMILES string of the molecule is Cc1cc(C(=O)N2CCN(C(=O)Nc3ccc(C)c(Cl)c3)CC2)n(C)n1. The maximum absolute atomic E-state index is 12.6. The van der Waals surface area contributed by atoms with Crippen LogP contribution in [0.15, 0.2) is 24.3 Å². The highest BCUT2D eigenvalue weighted by Crippen LogP contribution is 2.20. The van der Waals surface area contributed by atoms with Gasteiger partial charge in [-0.3, -0.25) is 9.48 Å². The van der Waals surface area contributed by atoms with Gasteiger partial charge in [-0.2, -0.15) is 5.10 Å². The minimum absolute atomic E-state index is 0.0570. The summed E-state index contributed by atoms with van der Waals surface area (Å²) in [5.74, 6) is -0.0570. The van der Waals surface area contributed by atoms with E-state index in [2.05, 4.69) is 10.4 Å². The lowest BCUT2D eigenvalue weighted by Crippen LogP contribution is -2.51. The molecule has 0 saturated carbocycles. The van der Waals surface area contributed by atoms with Gasteiger partial charge in [0.15, 0.2) is 0 Å². The summed E-state index contributed by atoms with van der Waals surface area (Å²) in [7, 11) is 1.76. The Morgan fingerprint density at radius 1 is 1.08 bits per heavy atom. The Morgan fingerprint density at radius 3 is 2.31 bits per heavy atom. The Labute approximate surface area is 157 Å². The second-order valence-corrected chi connectivity index (χ2v) is 6.88. The van der Waals surface area contributed by atoms with Crippen LogP contribution >= 0.6 is 11.6 Å². The number of rotatable bonds is 2. The van der Waals surface area contributed by atoms with E-state index in [0.29, 0.717) is 42.6 Å². The number of nitrogens with one attached hydrogen (secondary N) is 1. The fraction of sp³-hybridized carbons (Fsp3) is 0.389. The molecular formula is C18H22ClN5O2. The van der Waals surface area contributed by atoms with Gasteiger partial charge in [0.1, 0.15) is 5.69 Å². The van der Waals surface area contributed by atoms with Crippen molar-refractivity contribution < 1.29 is 9.59 Å². The number of amides is 3. The van der Waals surface area contributed by atoms with E-state index in [4.69, 9.17) is 11.6 Å². The molecule has 0 aliphatic carbocycles. The molecule has 0 bridgehead atoms. The van der Waals surface area contributed by atoms with Gasteiger partial charge in [-0.15, -0.1) is 0 Å². The van der Waals surface area contributed by atoms with Crippen LogP contribution in [0.1, 0.15) is 21.7 Å². The maximum Gasteiger partial charge on any atom is 0.321 e. The molecule has 26 heavy (non-hydrogen) atoms. The van der Waals surface area contributed by atoms with Crippen molar-refractivity contribution in [2.24, 2.45) is 7.05 Å². The molecule has 0 spiro atoms. The summed E-state index contributed by atoms with van der Waals surface area (Å²) in [6, 6.07) is 7.02. The van der Waals surface area contributed by atoms with E-state index in [-0.39, 0.29) is 11.9 Å². The van der Waals surface area contributed by atoms with Gasteiger partial charge < -0.3 is 15.1 Å². The molecule has 1 aromatic carbocycles. The monoisotopic (exact) mass is 375 g/mol. The van der Waals surface area contributed by atoms with Crippen molar-refractivity contribution in [3.63, 3.8) is 0 Å². The summed E-state index contributed by atoms with van der Waals surface area (Å²) in [6.07, 6.45) is 0. The van der Waals surface area contributed by atoms with Crippen LogP contribution in [0, 0.1) is 13.8 Å². The molecule has 8 heteroatoms. The fourth-order valence-electron chi connectivity index (χ4n) is 2.96. The van der Waals surface area contributed by atoms with Gasteiger partial charge >= 0.3 is 6.03 Å². The number of benzene rings is 1. The Kier molecular flexibility index (Phi) is 5.18. The molecule has 3 rings (SSSR count). The second-order valence-electron chi connectivity index (χ2n) is 6.47. The van der Waals surface area contributed by atoms with Crippen molar-refractivity contribution in [1.29, 1.82) is 0 Å². The predicted molar refractivity (Wildman–Crippen MR) is 101 cm³/mol. The average molecular weight is 376 g/mol. The lowest BCUT2D eigenvalue weighted by atomic mass is 10.2. The fourth-order valence-corrected chi connectivity index (χ4v) is 3.14. The third kappa shape index (κ3) is 3.83. The average Bonchev–Trinajstić information content (AvgIpc) is 2.96.